The van der Waals surface area contributed by atoms with E-state index in [1.54, 1.807) is 6.07 Å². The summed E-state index contributed by atoms with van der Waals surface area (Å²) in [6.07, 6.45) is 0. The highest BCUT2D eigenvalue weighted by Gasteiger charge is 2.28. The first-order valence-electron chi connectivity index (χ1n) is 9.84. The number of urea groups is 1. The molecule has 1 fully saturated rings. The van der Waals surface area contributed by atoms with Crippen LogP contribution >= 0.6 is 23.2 Å². The number of anilines is 1. The lowest BCUT2D eigenvalue weighted by atomic mass is 9.84. The number of amides is 2. The van der Waals surface area contributed by atoms with Crippen molar-refractivity contribution in [1.29, 1.82) is 0 Å². The van der Waals surface area contributed by atoms with Crippen molar-refractivity contribution in [3.8, 4) is 0 Å². The zero-order chi connectivity index (χ0) is 20.5. The van der Waals surface area contributed by atoms with E-state index < -0.39 is 0 Å². The van der Waals surface area contributed by atoms with Crippen molar-refractivity contribution in [2.24, 2.45) is 0 Å². The summed E-state index contributed by atoms with van der Waals surface area (Å²) in [5.74, 6) is 0.138. The van der Waals surface area contributed by atoms with E-state index in [-0.39, 0.29) is 18.0 Å². The number of rotatable bonds is 2. The maximum atomic E-state index is 12.7. The van der Waals surface area contributed by atoms with E-state index in [2.05, 4.69) is 23.3 Å². The van der Waals surface area contributed by atoms with Crippen LogP contribution in [0, 0.1) is 0 Å². The maximum Gasteiger partial charge on any atom is 0.322 e. The Balaban J connectivity index is 1.60. The Bertz CT molecular complexity index is 921. The Morgan fingerprint density at radius 2 is 2.07 bits per heavy atom. The molecule has 1 saturated heterocycles. The van der Waals surface area contributed by atoms with Gasteiger partial charge < -0.3 is 19.9 Å². The fourth-order valence-electron chi connectivity index (χ4n) is 4.19. The molecule has 2 aliphatic rings. The molecule has 0 bridgehead atoms. The van der Waals surface area contributed by atoms with Gasteiger partial charge in [-0.15, -0.1) is 0 Å². The summed E-state index contributed by atoms with van der Waals surface area (Å²) in [7, 11) is 2.09. The van der Waals surface area contributed by atoms with Gasteiger partial charge in [0.25, 0.3) is 0 Å². The largest absolute Gasteiger partial charge is 0.377 e. The third kappa shape index (κ3) is 4.38. The molecule has 154 valence electrons. The molecule has 2 atom stereocenters. The predicted octanol–water partition coefficient (Wildman–Crippen LogP) is 4.82. The number of fused-ring (bicyclic) bond motifs is 1. The Kier molecular flexibility index (Phi) is 6.02. The topological polar surface area (TPSA) is 44.8 Å². The predicted molar refractivity (Wildman–Crippen MR) is 117 cm³/mol. The SMILES string of the molecule is CC1COCCN1C(=O)Nc1cccc(C2CN(C)Cc3c(Cl)cc(Cl)cc32)c1. The molecule has 29 heavy (non-hydrogen) atoms. The van der Waals surface area contributed by atoms with Gasteiger partial charge in [-0.2, -0.15) is 0 Å². The van der Waals surface area contributed by atoms with Crippen LogP contribution in [0.2, 0.25) is 10.0 Å². The smallest absolute Gasteiger partial charge is 0.322 e. The van der Waals surface area contributed by atoms with E-state index in [4.69, 9.17) is 27.9 Å². The van der Waals surface area contributed by atoms with Crippen molar-refractivity contribution >= 4 is 34.9 Å². The van der Waals surface area contributed by atoms with E-state index in [0.29, 0.717) is 29.8 Å². The zero-order valence-corrected chi connectivity index (χ0v) is 18.1. The quantitative estimate of drug-likeness (QED) is 0.737. The number of hydrogen-bond acceptors (Lipinski definition) is 3. The molecule has 7 heteroatoms. The summed E-state index contributed by atoms with van der Waals surface area (Å²) < 4.78 is 5.43. The van der Waals surface area contributed by atoms with Crippen LogP contribution in [0.15, 0.2) is 36.4 Å². The van der Waals surface area contributed by atoms with Crippen LogP contribution in [0.4, 0.5) is 10.5 Å². The molecule has 0 radical (unpaired) electrons. The Labute approximate surface area is 181 Å². The molecule has 2 amide bonds. The molecule has 4 rings (SSSR count). The van der Waals surface area contributed by atoms with E-state index in [1.807, 2.05) is 36.1 Å². The Morgan fingerprint density at radius 3 is 2.86 bits per heavy atom. The minimum absolute atomic E-state index is 0.0649. The molecule has 0 aliphatic carbocycles. The van der Waals surface area contributed by atoms with E-state index in [9.17, 15) is 4.79 Å². The number of carbonyl (C=O) groups excluding carboxylic acids is 1. The summed E-state index contributed by atoms with van der Waals surface area (Å²) in [6, 6.07) is 11.8. The molecule has 1 N–H and O–H groups in total. The highest BCUT2D eigenvalue weighted by Crippen LogP contribution is 2.38. The van der Waals surface area contributed by atoms with E-state index >= 15 is 0 Å². The summed E-state index contributed by atoms with van der Waals surface area (Å²) >= 11 is 12.8. The summed E-state index contributed by atoms with van der Waals surface area (Å²) in [6.45, 7) is 5.40. The Morgan fingerprint density at radius 1 is 1.24 bits per heavy atom. The minimum atomic E-state index is -0.0924. The fourth-order valence-corrected chi connectivity index (χ4v) is 4.76. The highest BCUT2D eigenvalue weighted by molar-refractivity contribution is 6.35. The minimum Gasteiger partial charge on any atom is -0.377 e. The van der Waals surface area contributed by atoms with Crippen LogP contribution in [0.5, 0.6) is 0 Å². The maximum absolute atomic E-state index is 12.7. The van der Waals surface area contributed by atoms with Gasteiger partial charge in [0.2, 0.25) is 0 Å². The third-order valence-electron chi connectivity index (χ3n) is 5.66. The van der Waals surface area contributed by atoms with Gasteiger partial charge in [-0.1, -0.05) is 35.3 Å². The number of benzene rings is 2. The average molecular weight is 434 g/mol. The highest BCUT2D eigenvalue weighted by atomic mass is 35.5. The van der Waals surface area contributed by atoms with Crippen LogP contribution in [-0.4, -0.2) is 55.2 Å². The first-order chi connectivity index (χ1) is 13.9. The van der Waals surface area contributed by atoms with Crippen molar-refractivity contribution in [3.05, 3.63) is 63.1 Å². The molecule has 2 aromatic carbocycles. The van der Waals surface area contributed by atoms with Crippen molar-refractivity contribution in [2.75, 3.05) is 38.7 Å². The number of carbonyl (C=O) groups is 1. The number of nitrogens with one attached hydrogen (secondary N) is 1. The van der Waals surface area contributed by atoms with Crippen molar-refractivity contribution in [2.45, 2.75) is 25.4 Å². The number of ether oxygens (including phenoxy) is 1. The third-order valence-corrected chi connectivity index (χ3v) is 6.22. The summed E-state index contributed by atoms with van der Waals surface area (Å²) in [5.41, 5.74) is 4.19. The van der Waals surface area contributed by atoms with E-state index in [0.717, 1.165) is 35.5 Å². The first kappa shape index (κ1) is 20.5. The molecule has 2 aliphatic heterocycles. The number of morpholine rings is 1. The van der Waals surface area contributed by atoms with Gasteiger partial charge in [-0.05, 0) is 54.9 Å². The lowest BCUT2D eigenvalue weighted by Crippen LogP contribution is -2.48. The lowest BCUT2D eigenvalue weighted by Gasteiger charge is -2.34. The summed E-state index contributed by atoms with van der Waals surface area (Å²) in [4.78, 5) is 16.8. The second kappa shape index (κ2) is 8.52. The monoisotopic (exact) mass is 433 g/mol. The van der Waals surface area contributed by atoms with E-state index in [1.165, 1.54) is 0 Å². The molecule has 0 spiro atoms. The number of hydrogen-bond donors (Lipinski definition) is 1. The Hall–Kier alpha value is -1.79. The van der Waals surface area contributed by atoms with Gasteiger partial charge in [0, 0.05) is 41.3 Å². The molecular weight excluding hydrogens is 409 g/mol. The van der Waals surface area contributed by atoms with Crippen LogP contribution in [0.3, 0.4) is 0 Å². The van der Waals surface area contributed by atoms with Gasteiger partial charge in [0.05, 0.1) is 19.3 Å². The second-order valence-corrected chi connectivity index (χ2v) is 8.72. The van der Waals surface area contributed by atoms with Crippen LogP contribution in [0.1, 0.15) is 29.5 Å². The van der Waals surface area contributed by atoms with Crippen molar-refractivity contribution in [3.63, 3.8) is 0 Å². The van der Waals surface area contributed by atoms with Gasteiger partial charge >= 0.3 is 6.03 Å². The molecule has 2 heterocycles. The first-order valence-corrected chi connectivity index (χ1v) is 10.6. The van der Waals surface area contributed by atoms with Crippen molar-refractivity contribution < 1.29 is 9.53 Å². The number of nitrogens with zero attached hydrogens (tertiary/aromatic N) is 2. The van der Waals surface area contributed by atoms with Gasteiger partial charge in [-0.25, -0.2) is 4.79 Å². The normalized spacial score (nSPS) is 22.3. The molecular formula is C22H25Cl2N3O2. The van der Waals surface area contributed by atoms with Crippen LogP contribution in [-0.2, 0) is 11.3 Å². The standard InChI is InChI=1S/C22H25Cl2N3O2/c1-14-13-29-7-6-27(14)22(28)25-17-5-3-4-15(8-17)19-11-26(2)12-20-18(19)9-16(23)10-21(20)24/h3-5,8-10,14,19H,6-7,11-13H2,1-2H3,(H,25,28). The van der Waals surface area contributed by atoms with Gasteiger partial charge in [0.15, 0.2) is 0 Å². The fraction of sp³-hybridized carbons (Fsp3) is 0.409. The number of likely N-dealkylation sites (N-methyl/N-ethyl adjacent to an activating group) is 1. The van der Waals surface area contributed by atoms with Gasteiger partial charge in [-0.3, -0.25) is 0 Å². The zero-order valence-electron chi connectivity index (χ0n) is 16.6. The van der Waals surface area contributed by atoms with Gasteiger partial charge in [0.1, 0.15) is 0 Å². The van der Waals surface area contributed by atoms with Crippen molar-refractivity contribution in [1.82, 2.24) is 9.80 Å². The lowest BCUT2D eigenvalue weighted by molar-refractivity contribution is 0.0222. The molecule has 2 aromatic rings. The number of halogens is 2. The average Bonchev–Trinajstić information content (AvgIpc) is 2.68. The van der Waals surface area contributed by atoms with Crippen LogP contribution in [0.25, 0.3) is 0 Å². The molecule has 0 saturated carbocycles. The second-order valence-electron chi connectivity index (χ2n) is 7.88. The molecule has 2 unspecified atom stereocenters. The van der Waals surface area contributed by atoms with Crippen LogP contribution < -0.4 is 5.32 Å². The summed E-state index contributed by atoms with van der Waals surface area (Å²) in [5, 5.41) is 4.40. The molecule has 5 nitrogen and oxygen atoms in total. The molecule has 0 aromatic heterocycles.